The molecule has 1 aromatic rings. The van der Waals surface area contributed by atoms with Crippen molar-refractivity contribution in [3.8, 4) is 0 Å². The highest BCUT2D eigenvalue weighted by Gasteiger charge is 1.98. The van der Waals surface area contributed by atoms with E-state index in [1.807, 2.05) is 6.92 Å². The summed E-state index contributed by atoms with van der Waals surface area (Å²) in [7, 11) is 0. The van der Waals surface area contributed by atoms with Gasteiger partial charge in [0.15, 0.2) is 5.89 Å². The zero-order chi connectivity index (χ0) is 8.10. The molecule has 0 radical (unpaired) electrons. The first-order valence-electron chi connectivity index (χ1n) is 3.31. The van der Waals surface area contributed by atoms with Gasteiger partial charge in [-0.25, -0.2) is 4.98 Å². The van der Waals surface area contributed by atoms with E-state index in [1.54, 1.807) is 6.20 Å². The van der Waals surface area contributed by atoms with Crippen molar-refractivity contribution in [1.82, 2.24) is 4.98 Å². The van der Waals surface area contributed by atoms with Gasteiger partial charge < -0.3 is 4.42 Å². The molecular formula is C6H8N4O. The van der Waals surface area contributed by atoms with Crippen LogP contribution in [-0.4, -0.2) is 4.98 Å². The van der Waals surface area contributed by atoms with E-state index in [4.69, 9.17) is 9.95 Å². The fraction of sp³-hybridized carbons (Fsp3) is 0.500. The Morgan fingerprint density at radius 3 is 3.18 bits per heavy atom. The van der Waals surface area contributed by atoms with Crippen molar-refractivity contribution in [2.75, 3.05) is 0 Å². The SMILES string of the molecule is CCc1cnc(CN=[N+]=[N-])o1. The van der Waals surface area contributed by atoms with Crippen LogP contribution < -0.4 is 0 Å². The fourth-order valence-corrected chi connectivity index (χ4v) is 0.677. The fourth-order valence-electron chi connectivity index (χ4n) is 0.677. The average Bonchev–Trinajstić information content (AvgIpc) is 2.48. The first-order chi connectivity index (χ1) is 5.36. The van der Waals surface area contributed by atoms with Gasteiger partial charge in [0.25, 0.3) is 0 Å². The molecule has 0 saturated heterocycles. The van der Waals surface area contributed by atoms with Crippen LogP contribution in [0.3, 0.4) is 0 Å². The second-order valence-corrected chi connectivity index (χ2v) is 1.96. The first kappa shape index (κ1) is 7.63. The summed E-state index contributed by atoms with van der Waals surface area (Å²) in [5.41, 5.74) is 7.98. The molecule has 0 aliphatic carbocycles. The lowest BCUT2D eigenvalue weighted by Gasteiger charge is -1.84. The van der Waals surface area contributed by atoms with E-state index in [2.05, 4.69) is 15.0 Å². The van der Waals surface area contributed by atoms with Crippen molar-refractivity contribution < 1.29 is 4.42 Å². The van der Waals surface area contributed by atoms with Crippen LogP contribution in [0, 0.1) is 0 Å². The van der Waals surface area contributed by atoms with Crippen LogP contribution in [0.5, 0.6) is 0 Å². The van der Waals surface area contributed by atoms with Crippen molar-refractivity contribution in [1.29, 1.82) is 0 Å². The van der Waals surface area contributed by atoms with Crippen LogP contribution >= 0.6 is 0 Å². The van der Waals surface area contributed by atoms with Gasteiger partial charge in [0.1, 0.15) is 12.3 Å². The van der Waals surface area contributed by atoms with Gasteiger partial charge in [0.2, 0.25) is 0 Å². The maximum atomic E-state index is 7.98. The van der Waals surface area contributed by atoms with Gasteiger partial charge in [0.05, 0.1) is 6.20 Å². The van der Waals surface area contributed by atoms with Gasteiger partial charge in [-0.3, -0.25) is 0 Å². The maximum absolute atomic E-state index is 7.98. The third-order valence-electron chi connectivity index (χ3n) is 1.22. The number of oxazole rings is 1. The van der Waals surface area contributed by atoms with Gasteiger partial charge in [-0.05, 0) is 5.53 Å². The normalized spacial score (nSPS) is 9.18. The molecule has 1 rings (SSSR count). The monoisotopic (exact) mass is 152 g/mol. The molecular weight excluding hydrogens is 144 g/mol. The number of azide groups is 1. The molecule has 0 bridgehead atoms. The predicted molar refractivity (Wildman–Crippen MR) is 38.7 cm³/mol. The lowest BCUT2D eigenvalue weighted by Crippen LogP contribution is -1.76. The maximum Gasteiger partial charge on any atom is 0.200 e. The Balaban J connectivity index is 2.64. The predicted octanol–water partition coefficient (Wildman–Crippen LogP) is 2.05. The Hall–Kier alpha value is -1.48. The van der Waals surface area contributed by atoms with Gasteiger partial charge in [-0.1, -0.05) is 12.0 Å². The zero-order valence-electron chi connectivity index (χ0n) is 6.19. The average molecular weight is 152 g/mol. The lowest BCUT2D eigenvalue weighted by molar-refractivity contribution is 0.461. The molecule has 0 N–H and O–H groups in total. The minimum absolute atomic E-state index is 0.191. The highest BCUT2D eigenvalue weighted by atomic mass is 16.4. The summed E-state index contributed by atoms with van der Waals surface area (Å²) in [5.74, 6) is 1.28. The van der Waals surface area contributed by atoms with Crippen LogP contribution in [0.4, 0.5) is 0 Å². The molecule has 0 spiro atoms. The summed E-state index contributed by atoms with van der Waals surface area (Å²) in [5, 5.41) is 3.31. The topological polar surface area (TPSA) is 74.8 Å². The van der Waals surface area contributed by atoms with E-state index in [0.717, 1.165) is 12.2 Å². The summed E-state index contributed by atoms with van der Waals surface area (Å²) in [4.78, 5) is 6.48. The number of hydrogen-bond donors (Lipinski definition) is 0. The highest BCUT2D eigenvalue weighted by Crippen LogP contribution is 2.04. The Morgan fingerprint density at radius 2 is 2.64 bits per heavy atom. The number of hydrogen-bond acceptors (Lipinski definition) is 3. The van der Waals surface area contributed by atoms with E-state index in [9.17, 15) is 0 Å². The smallest absolute Gasteiger partial charge is 0.200 e. The Kier molecular flexibility index (Phi) is 2.52. The third-order valence-corrected chi connectivity index (χ3v) is 1.22. The zero-order valence-corrected chi connectivity index (χ0v) is 6.19. The molecule has 0 aromatic carbocycles. The molecule has 0 fully saturated rings. The van der Waals surface area contributed by atoms with Crippen LogP contribution in [-0.2, 0) is 13.0 Å². The second kappa shape index (κ2) is 3.63. The summed E-state index contributed by atoms with van der Waals surface area (Å²) >= 11 is 0. The minimum atomic E-state index is 0.191. The molecule has 0 aliphatic rings. The van der Waals surface area contributed by atoms with E-state index in [-0.39, 0.29) is 6.54 Å². The van der Waals surface area contributed by atoms with Crippen molar-refractivity contribution in [3.05, 3.63) is 28.3 Å². The Morgan fingerprint density at radius 1 is 1.82 bits per heavy atom. The largest absolute Gasteiger partial charge is 0.446 e. The Labute approximate surface area is 63.7 Å². The standard InChI is InChI=1S/C6H8N4O/c1-2-5-3-8-6(11-5)4-9-10-7/h3H,2,4H2,1H3. The van der Waals surface area contributed by atoms with E-state index < -0.39 is 0 Å². The number of nitrogens with zero attached hydrogens (tertiary/aromatic N) is 4. The van der Waals surface area contributed by atoms with E-state index >= 15 is 0 Å². The minimum Gasteiger partial charge on any atom is -0.446 e. The van der Waals surface area contributed by atoms with Crippen molar-refractivity contribution in [3.63, 3.8) is 0 Å². The van der Waals surface area contributed by atoms with E-state index in [0.29, 0.717) is 5.89 Å². The number of aryl methyl sites for hydroxylation is 1. The molecule has 5 heteroatoms. The highest BCUT2D eigenvalue weighted by molar-refractivity contribution is 4.93. The molecule has 0 amide bonds. The van der Waals surface area contributed by atoms with Crippen LogP contribution in [0.2, 0.25) is 0 Å². The summed E-state index contributed by atoms with van der Waals surface area (Å²) in [6.45, 7) is 2.16. The van der Waals surface area contributed by atoms with Crippen LogP contribution in [0.1, 0.15) is 18.6 Å². The van der Waals surface area contributed by atoms with Crippen molar-refractivity contribution in [2.24, 2.45) is 5.11 Å². The van der Waals surface area contributed by atoms with Gasteiger partial charge in [0, 0.05) is 11.3 Å². The van der Waals surface area contributed by atoms with E-state index in [1.165, 1.54) is 0 Å². The molecule has 0 atom stereocenters. The summed E-state index contributed by atoms with van der Waals surface area (Å²) in [6, 6.07) is 0. The van der Waals surface area contributed by atoms with Crippen molar-refractivity contribution in [2.45, 2.75) is 19.9 Å². The lowest BCUT2D eigenvalue weighted by atomic mass is 10.4. The molecule has 58 valence electrons. The van der Waals surface area contributed by atoms with Crippen LogP contribution in [0.25, 0.3) is 10.4 Å². The summed E-state index contributed by atoms with van der Waals surface area (Å²) < 4.78 is 5.16. The third kappa shape index (κ3) is 1.98. The molecule has 11 heavy (non-hydrogen) atoms. The van der Waals surface area contributed by atoms with Gasteiger partial charge in [-0.15, -0.1) is 0 Å². The molecule has 0 unspecified atom stereocenters. The van der Waals surface area contributed by atoms with Crippen molar-refractivity contribution >= 4 is 0 Å². The quantitative estimate of drug-likeness (QED) is 0.377. The Bertz CT molecular complexity index is 274. The molecule has 5 nitrogen and oxygen atoms in total. The number of rotatable bonds is 3. The molecule has 0 saturated carbocycles. The van der Waals surface area contributed by atoms with Gasteiger partial charge >= 0.3 is 0 Å². The van der Waals surface area contributed by atoms with Crippen LogP contribution in [0.15, 0.2) is 15.7 Å². The first-order valence-corrected chi connectivity index (χ1v) is 3.31. The van der Waals surface area contributed by atoms with Gasteiger partial charge in [-0.2, -0.15) is 0 Å². The second-order valence-electron chi connectivity index (χ2n) is 1.96. The molecule has 1 heterocycles. The molecule has 0 aliphatic heterocycles. The molecule has 1 aromatic heterocycles. The number of aromatic nitrogens is 1. The summed E-state index contributed by atoms with van der Waals surface area (Å²) in [6.07, 6.45) is 2.45.